The average Bonchev–Trinajstić information content (AvgIpc) is 3.22. The molecule has 1 N–H and O–H groups in total. The van der Waals surface area contributed by atoms with Crippen LogP contribution in [-0.4, -0.2) is 40.6 Å². The molecule has 1 atom stereocenters. The maximum absolute atomic E-state index is 12.2. The Balaban J connectivity index is 1.29. The van der Waals surface area contributed by atoms with E-state index >= 15 is 0 Å². The van der Waals surface area contributed by atoms with Crippen LogP contribution < -0.4 is 5.32 Å². The van der Waals surface area contributed by atoms with Gasteiger partial charge in [-0.2, -0.15) is 0 Å². The number of hydrogen-bond donors (Lipinski definition) is 1. The SMILES string of the molecule is O=C(NCC1CCCN(Cc2cc(-c3ccccc3)no2)C1)c1cccnc1. The van der Waals surface area contributed by atoms with Crippen molar-refractivity contribution in [3.8, 4) is 11.3 Å². The van der Waals surface area contributed by atoms with E-state index < -0.39 is 0 Å². The highest BCUT2D eigenvalue weighted by Crippen LogP contribution is 2.22. The molecule has 3 heterocycles. The van der Waals surface area contributed by atoms with Gasteiger partial charge in [-0.1, -0.05) is 35.5 Å². The van der Waals surface area contributed by atoms with Gasteiger partial charge in [-0.3, -0.25) is 14.7 Å². The van der Waals surface area contributed by atoms with Gasteiger partial charge in [0.05, 0.1) is 12.1 Å². The molecule has 1 aliphatic rings. The van der Waals surface area contributed by atoms with Crippen molar-refractivity contribution < 1.29 is 9.32 Å². The minimum atomic E-state index is -0.0621. The second-order valence-corrected chi connectivity index (χ2v) is 7.24. The van der Waals surface area contributed by atoms with Crippen molar-refractivity contribution >= 4 is 5.91 Å². The molecule has 0 saturated carbocycles. The van der Waals surface area contributed by atoms with Crippen molar-refractivity contribution in [2.24, 2.45) is 5.92 Å². The molecule has 1 aromatic carbocycles. The van der Waals surface area contributed by atoms with Gasteiger partial charge in [0, 0.05) is 37.1 Å². The zero-order chi connectivity index (χ0) is 19.2. The van der Waals surface area contributed by atoms with Crippen molar-refractivity contribution in [3.05, 3.63) is 72.2 Å². The average molecular weight is 376 g/mol. The lowest BCUT2D eigenvalue weighted by atomic mass is 9.97. The fraction of sp³-hybridized carbons (Fsp3) is 0.318. The van der Waals surface area contributed by atoms with Crippen LogP contribution in [0.25, 0.3) is 11.3 Å². The van der Waals surface area contributed by atoms with Crippen LogP contribution in [0.2, 0.25) is 0 Å². The third kappa shape index (κ3) is 4.64. The van der Waals surface area contributed by atoms with Crippen molar-refractivity contribution in [2.75, 3.05) is 19.6 Å². The molecule has 2 aromatic heterocycles. The molecule has 1 aliphatic heterocycles. The summed E-state index contributed by atoms with van der Waals surface area (Å²) in [6, 6.07) is 15.6. The van der Waals surface area contributed by atoms with Gasteiger partial charge in [0.2, 0.25) is 0 Å². The molecule has 144 valence electrons. The van der Waals surface area contributed by atoms with Gasteiger partial charge in [-0.15, -0.1) is 0 Å². The zero-order valence-electron chi connectivity index (χ0n) is 15.8. The van der Waals surface area contributed by atoms with E-state index in [0.29, 0.717) is 18.0 Å². The van der Waals surface area contributed by atoms with Gasteiger partial charge < -0.3 is 9.84 Å². The zero-order valence-corrected chi connectivity index (χ0v) is 15.8. The summed E-state index contributed by atoms with van der Waals surface area (Å²) in [4.78, 5) is 18.6. The van der Waals surface area contributed by atoms with E-state index in [4.69, 9.17) is 4.52 Å². The number of carbonyl (C=O) groups excluding carboxylic acids is 1. The molecule has 0 aliphatic carbocycles. The highest BCUT2D eigenvalue weighted by Gasteiger charge is 2.22. The minimum Gasteiger partial charge on any atom is -0.359 e. The highest BCUT2D eigenvalue weighted by molar-refractivity contribution is 5.93. The number of amides is 1. The summed E-state index contributed by atoms with van der Waals surface area (Å²) in [7, 11) is 0. The first-order valence-electron chi connectivity index (χ1n) is 9.69. The lowest BCUT2D eigenvalue weighted by Crippen LogP contribution is -2.40. The number of hydrogen-bond acceptors (Lipinski definition) is 5. The molecule has 1 amide bonds. The number of benzene rings is 1. The smallest absolute Gasteiger partial charge is 0.252 e. The van der Waals surface area contributed by atoms with E-state index in [1.807, 2.05) is 36.4 Å². The molecule has 0 spiro atoms. The first-order chi connectivity index (χ1) is 13.8. The largest absolute Gasteiger partial charge is 0.359 e. The molecule has 6 nitrogen and oxygen atoms in total. The molecule has 1 unspecified atom stereocenters. The number of pyridine rings is 1. The van der Waals surface area contributed by atoms with Crippen molar-refractivity contribution in [1.82, 2.24) is 20.4 Å². The Labute approximate surface area is 164 Å². The lowest BCUT2D eigenvalue weighted by Gasteiger charge is -2.32. The monoisotopic (exact) mass is 376 g/mol. The molecular formula is C22H24N4O2. The molecule has 0 radical (unpaired) electrons. The fourth-order valence-electron chi connectivity index (χ4n) is 3.65. The second-order valence-electron chi connectivity index (χ2n) is 7.24. The molecule has 3 aromatic rings. The third-order valence-electron chi connectivity index (χ3n) is 5.09. The Hall–Kier alpha value is -2.99. The summed E-state index contributed by atoms with van der Waals surface area (Å²) in [6.45, 7) is 3.39. The Morgan fingerprint density at radius 3 is 2.93 bits per heavy atom. The number of likely N-dealkylation sites (tertiary alicyclic amines) is 1. The first kappa shape index (κ1) is 18.4. The van der Waals surface area contributed by atoms with Gasteiger partial charge in [-0.25, -0.2) is 0 Å². The summed E-state index contributed by atoms with van der Waals surface area (Å²) in [5, 5.41) is 7.24. The minimum absolute atomic E-state index is 0.0621. The van der Waals surface area contributed by atoms with E-state index in [1.165, 1.54) is 0 Å². The van der Waals surface area contributed by atoms with Gasteiger partial charge in [0.25, 0.3) is 5.91 Å². The fourth-order valence-corrected chi connectivity index (χ4v) is 3.65. The normalized spacial score (nSPS) is 17.4. The predicted molar refractivity (Wildman–Crippen MR) is 107 cm³/mol. The van der Waals surface area contributed by atoms with Crippen molar-refractivity contribution in [2.45, 2.75) is 19.4 Å². The number of nitrogens with zero attached hydrogens (tertiary/aromatic N) is 3. The van der Waals surface area contributed by atoms with Crippen LogP contribution in [0.4, 0.5) is 0 Å². The van der Waals surface area contributed by atoms with Crippen molar-refractivity contribution in [3.63, 3.8) is 0 Å². The lowest BCUT2D eigenvalue weighted by molar-refractivity contribution is 0.0927. The van der Waals surface area contributed by atoms with E-state index in [-0.39, 0.29) is 5.91 Å². The molecule has 28 heavy (non-hydrogen) atoms. The van der Waals surface area contributed by atoms with Crippen LogP contribution in [-0.2, 0) is 6.54 Å². The molecule has 1 saturated heterocycles. The van der Waals surface area contributed by atoms with E-state index in [0.717, 1.165) is 49.5 Å². The van der Waals surface area contributed by atoms with Crippen LogP contribution >= 0.6 is 0 Å². The summed E-state index contributed by atoms with van der Waals surface area (Å²) in [5.74, 6) is 1.25. The van der Waals surface area contributed by atoms with Crippen LogP contribution in [0.3, 0.4) is 0 Å². The van der Waals surface area contributed by atoms with Crippen LogP contribution in [0.1, 0.15) is 29.0 Å². The number of rotatable bonds is 6. The molecule has 0 bridgehead atoms. The molecule has 6 heteroatoms. The Kier molecular flexibility index (Phi) is 5.77. The standard InChI is InChI=1S/C22H24N4O2/c27-22(19-9-4-10-23-14-19)24-13-17-6-5-11-26(15-17)16-20-12-21(25-28-20)18-7-2-1-3-8-18/h1-4,7-10,12,14,17H,5-6,11,13,15-16H2,(H,24,27). The van der Waals surface area contributed by atoms with E-state index in [1.54, 1.807) is 24.5 Å². The number of piperidine rings is 1. The Bertz CT molecular complexity index is 895. The summed E-state index contributed by atoms with van der Waals surface area (Å²) < 4.78 is 5.54. The summed E-state index contributed by atoms with van der Waals surface area (Å²) in [5.41, 5.74) is 2.53. The molecule has 1 fully saturated rings. The third-order valence-corrected chi connectivity index (χ3v) is 5.09. The van der Waals surface area contributed by atoms with Gasteiger partial charge >= 0.3 is 0 Å². The maximum Gasteiger partial charge on any atom is 0.252 e. The van der Waals surface area contributed by atoms with E-state index in [9.17, 15) is 4.79 Å². The quantitative estimate of drug-likeness (QED) is 0.714. The van der Waals surface area contributed by atoms with Crippen LogP contribution in [0.5, 0.6) is 0 Å². The maximum atomic E-state index is 12.2. The van der Waals surface area contributed by atoms with Crippen molar-refractivity contribution in [1.29, 1.82) is 0 Å². The van der Waals surface area contributed by atoms with E-state index in [2.05, 4.69) is 20.4 Å². The first-order valence-corrected chi connectivity index (χ1v) is 9.69. The van der Waals surface area contributed by atoms with Gasteiger partial charge in [0.1, 0.15) is 5.69 Å². The number of nitrogens with one attached hydrogen (secondary N) is 1. The Morgan fingerprint density at radius 1 is 1.21 bits per heavy atom. The topological polar surface area (TPSA) is 71.3 Å². The number of aromatic nitrogens is 2. The number of carbonyl (C=O) groups is 1. The van der Waals surface area contributed by atoms with Crippen LogP contribution in [0.15, 0.2) is 65.4 Å². The predicted octanol–water partition coefficient (Wildman–Crippen LogP) is 3.38. The summed E-state index contributed by atoms with van der Waals surface area (Å²) >= 11 is 0. The molecule has 4 rings (SSSR count). The summed E-state index contributed by atoms with van der Waals surface area (Å²) in [6.07, 6.45) is 5.50. The van der Waals surface area contributed by atoms with Crippen LogP contribution in [0, 0.1) is 5.92 Å². The molecular weight excluding hydrogens is 352 g/mol. The Morgan fingerprint density at radius 2 is 2.11 bits per heavy atom. The second kappa shape index (κ2) is 8.80. The van der Waals surface area contributed by atoms with Gasteiger partial charge in [0.15, 0.2) is 5.76 Å². The van der Waals surface area contributed by atoms with Gasteiger partial charge in [-0.05, 0) is 37.4 Å². The highest BCUT2D eigenvalue weighted by atomic mass is 16.5.